The number of hydrogen-bond donors (Lipinski definition) is 2. The summed E-state index contributed by atoms with van der Waals surface area (Å²) in [7, 11) is 0. The van der Waals surface area contributed by atoms with Gasteiger partial charge in [0.1, 0.15) is 0 Å². The number of nitrogens with zero attached hydrogens (tertiary/aromatic N) is 1. The number of aryl methyl sites for hydroxylation is 2. The highest BCUT2D eigenvalue weighted by Gasteiger charge is 1.98. The van der Waals surface area contributed by atoms with Crippen LogP contribution in [-0.4, -0.2) is 10.1 Å². The molecule has 1 heterocycles. The largest absolute Gasteiger partial charge is 0.376 e. The molecule has 0 saturated carbocycles. The average molecular weight is 257 g/mol. The number of nitrogens with two attached hydrogens (primary N) is 1. The molecular weight excluding hydrogens is 242 g/mol. The molecule has 3 nitrogen and oxygen atoms in total. The summed E-state index contributed by atoms with van der Waals surface area (Å²) >= 11 is 4.82. The van der Waals surface area contributed by atoms with Gasteiger partial charge in [-0.3, -0.25) is 4.98 Å². The Kier molecular flexibility index (Phi) is 4.25. The van der Waals surface area contributed by atoms with Crippen LogP contribution in [0, 0.1) is 0 Å². The smallest absolute Gasteiger partial charge is 0.168 e. The van der Waals surface area contributed by atoms with Crippen LogP contribution in [0.1, 0.15) is 11.1 Å². The fourth-order valence-corrected chi connectivity index (χ4v) is 1.90. The van der Waals surface area contributed by atoms with Crippen molar-refractivity contribution < 1.29 is 0 Å². The predicted molar refractivity (Wildman–Crippen MR) is 78.5 cm³/mol. The second kappa shape index (κ2) is 6.12. The molecular formula is C14H15N3S. The molecule has 0 radical (unpaired) electrons. The SMILES string of the molecule is NC(=S)Nc1cccc(CCc2ccncc2)c1. The van der Waals surface area contributed by atoms with Gasteiger partial charge in [0.25, 0.3) is 0 Å². The molecule has 0 amide bonds. The van der Waals surface area contributed by atoms with Crippen LogP contribution in [0.15, 0.2) is 48.8 Å². The minimum Gasteiger partial charge on any atom is -0.376 e. The molecule has 0 atom stereocenters. The number of anilines is 1. The van der Waals surface area contributed by atoms with Crippen LogP contribution in [0.25, 0.3) is 0 Å². The van der Waals surface area contributed by atoms with Crippen molar-refractivity contribution in [3.8, 4) is 0 Å². The van der Waals surface area contributed by atoms with E-state index in [-0.39, 0.29) is 0 Å². The van der Waals surface area contributed by atoms with E-state index in [4.69, 9.17) is 18.0 Å². The molecule has 0 aliphatic rings. The van der Waals surface area contributed by atoms with Crippen molar-refractivity contribution in [1.29, 1.82) is 0 Å². The van der Waals surface area contributed by atoms with Gasteiger partial charge in [-0.15, -0.1) is 0 Å². The molecule has 0 saturated heterocycles. The third-order valence-electron chi connectivity index (χ3n) is 2.65. The molecule has 0 aliphatic heterocycles. The third-order valence-corrected chi connectivity index (χ3v) is 2.75. The zero-order valence-electron chi connectivity index (χ0n) is 9.97. The molecule has 0 bridgehead atoms. The fraction of sp³-hybridized carbons (Fsp3) is 0.143. The summed E-state index contributed by atoms with van der Waals surface area (Å²) in [5.74, 6) is 0. The van der Waals surface area contributed by atoms with E-state index in [9.17, 15) is 0 Å². The summed E-state index contributed by atoms with van der Waals surface area (Å²) < 4.78 is 0. The Balaban J connectivity index is 1.99. The number of thiocarbonyl (C=S) groups is 1. The molecule has 0 fully saturated rings. The molecule has 2 rings (SSSR count). The van der Waals surface area contributed by atoms with E-state index in [0.29, 0.717) is 5.11 Å². The van der Waals surface area contributed by atoms with Crippen LogP contribution in [0.3, 0.4) is 0 Å². The van der Waals surface area contributed by atoms with Crippen molar-refractivity contribution in [3.63, 3.8) is 0 Å². The predicted octanol–water partition coefficient (Wildman–Crippen LogP) is 2.52. The first-order chi connectivity index (χ1) is 8.74. The van der Waals surface area contributed by atoms with Crippen LogP contribution in [0.5, 0.6) is 0 Å². The number of rotatable bonds is 4. The van der Waals surface area contributed by atoms with Crippen molar-refractivity contribution >= 4 is 23.0 Å². The van der Waals surface area contributed by atoms with E-state index in [1.165, 1.54) is 11.1 Å². The first-order valence-electron chi connectivity index (χ1n) is 5.78. The molecule has 92 valence electrons. The van der Waals surface area contributed by atoms with E-state index < -0.39 is 0 Å². The first kappa shape index (κ1) is 12.5. The van der Waals surface area contributed by atoms with Crippen LogP contribution in [0.4, 0.5) is 5.69 Å². The summed E-state index contributed by atoms with van der Waals surface area (Å²) in [5, 5.41) is 3.24. The van der Waals surface area contributed by atoms with Gasteiger partial charge in [-0.05, 0) is 60.5 Å². The summed E-state index contributed by atoms with van der Waals surface area (Å²) in [6, 6.07) is 12.2. The standard InChI is InChI=1S/C14H15N3S/c15-14(18)17-13-3-1-2-12(10-13)5-4-11-6-8-16-9-7-11/h1-3,6-10H,4-5H2,(H3,15,17,18). The summed E-state index contributed by atoms with van der Waals surface area (Å²) in [4.78, 5) is 4.01. The number of pyridine rings is 1. The van der Waals surface area contributed by atoms with Gasteiger partial charge < -0.3 is 11.1 Å². The zero-order chi connectivity index (χ0) is 12.8. The molecule has 0 aliphatic carbocycles. The van der Waals surface area contributed by atoms with Gasteiger partial charge in [-0.2, -0.15) is 0 Å². The minimum absolute atomic E-state index is 0.293. The van der Waals surface area contributed by atoms with Crippen LogP contribution < -0.4 is 11.1 Å². The Morgan fingerprint density at radius 2 is 1.83 bits per heavy atom. The quantitative estimate of drug-likeness (QED) is 0.826. The van der Waals surface area contributed by atoms with E-state index in [2.05, 4.69) is 22.4 Å². The number of hydrogen-bond acceptors (Lipinski definition) is 2. The van der Waals surface area contributed by atoms with Gasteiger partial charge >= 0.3 is 0 Å². The fourth-order valence-electron chi connectivity index (χ4n) is 1.78. The maximum atomic E-state index is 5.45. The monoisotopic (exact) mass is 257 g/mol. The van der Waals surface area contributed by atoms with Crippen molar-refractivity contribution in [2.75, 3.05) is 5.32 Å². The van der Waals surface area contributed by atoms with Crippen LogP contribution in [-0.2, 0) is 12.8 Å². The van der Waals surface area contributed by atoms with E-state index >= 15 is 0 Å². The van der Waals surface area contributed by atoms with Crippen molar-refractivity contribution in [2.24, 2.45) is 5.73 Å². The molecule has 0 unspecified atom stereocenters. The number of nitrogens with one attached hydrogen (secondary N) is 1. The Bertz CT molecular complexity index is 526. The van der Waals surface area contributed by atoms with Gasteiger partial charge in [-0.25, -0.2) is 0 Å². The van der Waals surface area contributed by atoms with Crippen molar-refractivity contribution in [2.45, 2.75) is 12.8 Å². The molecule has 4 heteroatoms. The average Bonchev–Trinajstić information content (AvgIpc) is 2.37. The van der Waals surface area contributed by atoms with Gasteiger partial charge in [0.05, 0.1) is 0 Å². The van der Waals surface area contributed by atoms with Gasteiger partial charge in [0, 0.05) is 18.1 Å². The third kappa shape index (κ3) is 3.82. The van der Waals surface area contributed by atoms with Crippen LogP contribution in [0.2, 0.25) is 0 Å². The van der Waals surface area contributed by atoms with Crippen molar-refractivity contribution in [3.05, 3.63) is 59.9 Å². The normalized spacial score (nSPS) is 10.0. The lowest BCUT2D eigenvalue weighted by Gasteiger charge is -2.06. The Labute approximate surface area is 112 Å². The van der Waals surface area contributed by atoms with E-state index in [1.807, 2.05) is 36.7 Å². The Morgan fingerprint density at radius 1 is 1.11 bits per heavy atom. The van der Waals surface area contributed by atoms with Crippen molar-refractivity contribution in [1.82, 2.24) is 4.98 Å². The second-order valence-corrected chi connectivity index (χ2v) is 4.48. The highest BCUT2D eigenvalue weighted by atomic mass is 32.1. The van der Waals surface area contributed by atoms with Gasteiger partial charge in [0.15, 0.2) is 5.11 Å². The minimum atomic E-state index is 0.293. The first-order valence-corrected chi connectivity index (χ1v) is 6.19. The molecule has 18 heavy (non-hydrogen) atoms. The van der Waals surface area contributed by atoms with E-state index in [1.54, 1.807) is 0 Å². The summed E-state index contributed by atoms with van der Waals surface area (Å²) in [5.41, 5.74) is 8.94. The molecule has 2 aromatic rings. The molecule has 0 spiro atoms. The summed E-state index contributed by atoms with van der Waals surface area (Å²) in [6.45, 7) is 0. The van der Waals surface area contributed by atoms with Gasteiger partial charge in [-0.1, -0.05) is 12.1 Å². The lowest BCUT2D eigenvalue weighted by molar-refractivity contribution is 0.956. The van der Waals surface area contributed by atoms with Crippen LogP contribution >= 0.6 is 12.2 Å². The maximum Gasteiger partial charge on any atom is 0.168 e. The molecule has 1 aromatic heterocycles. The molecule has 1 aromatic carbocycles. The van der Waals surface area contributed by atoms with Gasteiger partial charge in [0.2, 0.25) is 0 Å². The lowest BCUT2D eigenvalue weighted by atomic mass is 10.1. The lowest BCUT2D eigenvalue weighted by Crippen LogP contribution is -2.18. The van der Waals surface area contributed by atoms with E-state index in [0.717, 1.165) is 18.5 Å². The second-order valence-electron chi connectivity index (χ2n) is 4.05. The number of benzene rings is 1. The Hall–Kier alpha value is -1.94. The number of aromatic nitrogens is 1. The topological polar surface area (TPSA) is 50.9 Å². The molecule has 3 N–H and O–H groups in total. The highest BCUT2D eigenvalue weighted by molar-refractivity contribution is 7.80. The Morgan fingerprint density at radius 3 is 2.56 bits per heavy atom. The summed E-state index contributed by atoms with van der Waals surface area (Å²) in [6.07, 6.45) is 5.62. The zero-order valence-corrected chi connectivity index (χ0v) is 10.8. The maximum absolute atomic E-state index is 5.45. The highest BCUT2D eigenvalue weighted by Crippen LogP contribution is 2.13.